The van der Waals surface area contributed by atoms with E-state index in [4.69, 9.17) is 4.74 Å². The topological polar surface area (TPSA) is 55.4 Å². The minimum absolute atomic E-state index is 0.290. The van der Waals surface area contributed by atoms with Crippen molar-refractivity contribution < 1.29 is 13.2 Å². The summed E-state index contributed by atoms with van der Waals surface area (Å²) in [6.45, 7) is 0.717. The molecular weight excluding hydrogens is 250 g/mol. The molecule has 1 aliphatic heterocycles. The van der Waals surface area contributed by atoms with Gasteiger partial charge < -0.3 is 10.1 Å². The van der Waals surface area contributed by atoms with Crippen LogP contribution in [0.3, 0.4) is 0 Å². The van der Waals surface area contributed by atoms with Gasteiger partial charge in [0, 0.05) is 18.2 Å². The van der Waals surface area contributed by atoms with Gasteiger partial charge in [-0.1, -0.05) is 18.2 Å². The van der Waals surface area contributed by atoms with E-state index >= 15 is 0 Å². The normalized spacial score (nSPS) is 19.6. The average Bonchev–Trinajstić information content (AvgIpc) is 2.38. The van der Waals surface area contributed by atoms with E-state index in [9.17, 15) is 8.42 Å². The zero-order valence-electron chi connectivity index (χ0n) is 10.6. The lowest BCUT2D eigenvalue weighted by molar-refractivity contribution is 0.402. The molecule has 100 valence electrons. The van der Waals surface area contributed by atoms with Crippen LogP contribution < -0.4 is 10.1 Å². The van der Waals surface area contributed by atoms with Crippen LogP contribution in [0.25, 0.3) is 0 Å². The summed E-state index contributed by atoms with van der Waals surface area (Å²) in [5.74, 6) is 1.47. The second-order valence-electron chi connectivity index (χ2n) is 4.62. The Kier molecular flexibility index (Phi) is 4.24. The molecule has 1 aromatic rings. The molecule has 0 saturated carbocycles. The van der Waals surface area contributed by atoms with Gasteiger partial charge in [-0.2, -0.15) is 0 Å². The highest BCUT2D eigenvalue weighted by molar-refractivity contribution is 7.91. The highest BCUT2D eigenvalue weighted by Crippen LogP contribution is 2.18. The second kappa shape index (κ2) is 5.71. The van der Waals surface area contributed by atoms with Gasteiger partial charge in [-0.25, -0.2) is 8.42 Å². The van der Waals surface area contributed by atoms with Crippen LogP contribution in [0.1, 0.15) is 18.4 Å². The van der Waals surface area contributed by atoms with E-state index in [1.807, 2.05) is 24.3 Å². The summed E-state index contributed by atoms with van der Waals surface area (Å²) in [7, 11) is -1.12. The van der Waals surface area contributed by atoms with Gasteiger partial charge in [-0.15, -0.1) is 0 Å². The zero-order chi connectivity index (χ0) is 13.0. The third-order valence-electron chi connectivity index (χ3n) is 3.33. The second-order valence-corrected chi connectivity index (χ2v) is 6.92. The summed E-state index contributed by atoms with van der Waals surface area (Å²) in [6, 6.07) is 8.16. The van der Waals surface area contributed by atoms with Crippen LogP contribution in [0.15, 0.2) is 24.3 Å². The van der Waals surface area contributed by atoms with Crippen LogP contribution in [0.5, 0.6) is 5.75 Å². The molecule has 2 rings (SSSR count). The number of para-hydroxylation sites is 1. The van der Waals surface area contributed by atoms with Crippen molar-refractivity contribution in [2.24, 2.45) is 0 Å². The number of hydrogen-bond donors (Lipinski definition) is 1. The van der Waals surface area contributed by atoms with Gasteiger partial charge in [0.15, 0.2) is 0 Å². The van der Waals surface area contributed by atoms with Crippen LogP contribution >= 0.6 is 0 Å². The summed E-state index contributed by atoms with van der Waals surface area (Å²) in [4.78, 5) is 0. The van der Waals surface area contributed by atoms with Gasteiger partial charge in [0.05, 0.1) is 18.6 Å². The Morgan fingerprint density at radius 2 is 1.94 bits per heavy atom. The number of methoxy groups -OCH3 is 1. The van der Waals surface area contributed by atoms with Crippen LogP contribution in [0, 0.1) is 0 Å². The molecule has 0 unspecified atom stereocenters. The summed E-state index contributed by atoms with van der Waals surface area (Å²) < 4.78 is 27.9. The molecule has 1 heterocycles. The molecule has 1 fully saturated rings. The Labute approximate surface area is 108 Å². The highest BCUT2D eigenvalue weighted by Gasteiger charge is 2.23. The average molecular weight is 269 g/mol. The molecule has 1 aromatic carbocycles. The Morgan fingerprint density at radius 1 is 1.28 bits per heavy atom. The first kappa shape index (κ1) is 13.4. The van der Waals surface area contributed by atoms with Crippen molar-refractivity contribution >= 4 is 9.84 Å². The van der Waals surface area contributed by atoms with Crippen molar-refractivity contribution in [1.82, 2.24) is 5.32 Å². The largest absolute Gasteiger partial charge is 0.496 e. The standard InChI is InChI=1S/C13H19NO3S/c1-17-13-5-3-2-4-11(13)10-14-12-6-8-18(15,16)9-7-12/h2-5,12,14H,6-10H2,1H3. The van der Waals surface area contributed by atoms with Crippen LogP contribution in [0.2, 0.25) is 0 Å². The first-order chi connectivity index (χ1) is 8.61. The number of sulfone groups is 1. The molecular formula is C13H19NO3S. The maximum absolute atomic E-state index is 11.3. The lowest BCUT2D eigenvalue weighted by atomic mass is 10.1. The fourth-order valence-electron chi connectivity index (χ4n) is 2.20. The molecule has 0 bridgehead atoms. The summed E-state index contributed by atoms with van der Waals surface area (Å²) in [5, 5.41) is 3.41. The predicted octanol–water partition coefficient (Wildman–Crippen LogP) is 1.36. The van der Waals surface area contributed by atoms with Crippen molar-refractivity contribution in [2.75, 3.05) is 18.6 Å². The smallest absolute Gasteiger partial charge is 0.150 e. The van der Waals surface area contributed by atoms with Gasteiger partial charge in [0.25, 0.3) is 0 Å². The highest BCUT2D eigenvalue weighted by atomic mass is 32.2. The first-order valence-corrected chi connectivity index (χ1v) is 7.98. The van der Waals surface area contributed by atoms with Crippen LogP contribution in [-0.2, 0) is 16.4 Å². The van der Waals surface area contributed by atoms with Crippen molar-refractivity contribution in [2.45, 2.75) is 25.4 Å². The minimum Gasteiger partial charge on any atom is -0.496 e. The van der Waals surface area contributed by atoms with E-state index in [1.165, 1.54) is 0 Å². The Balaban J connectivity index is 1.89. The van der Waals surface area contributed by atoms with Crippen LogP contribution in [0.4, 0.5) is 0 Å². The maximum Gasteiger partial charge on any atom is 0.150 e. The third kappa shape index (κ3) is 3.46. The SMILES string of the molecule is COc1ccccc1CNC1CCS(=O)(=O)CC1. The molecule has 1 saturated heterocycles. The molecule has 5 heteroatoms. The van der Waals surface area contributed by atoms with Gasteiger partial charge in [0.1, 0.15) is 15.6 Å². The molecule has 4 nitrogen and oxygen atoms in total. The number of rotatable bonds is 4. The maximum atomic E-state index is 11.3. The molecule has 18 heavy (non-hydrogen) atoms. The van der Waals surface area contributed by atoms with Crippen molar-refractivity contribution in [3.63, 3.8) is 0 Å². The molecule has 1 aliphatic rings. The van der Waals surface area contributed by atoms with E-state index in [-0.39, 0.29) is 0 Å². The molecule has 1 N–H and O–H groups in total. The number of benzene rings is 1. The molecule has 0 aliphatic carbocycles. The van der Waals surface area contributed by atoms with E-state index in [0.29, 0.717) is 36.9 Å². The van der Waals surface area contributed by atoms with Gasteiger partial charge >= 0.3 is 0 Å². The van der Waals surface area contributed by atoms with Gasteiger partial charge in [0.2, 0.25) is 0 Å². The minimum atomic E-state index is -2.78. The van der Waals surface area contributed by atoms with Crippen molar-refractivity contribution in [3.8, 4) is 5.75 Å². The summed E-state index contributed by atoms with van der Waals surface area (Å²) in [5.41, 5.74) is 1.11. The molecule has 0 aromatic heterocycles. The van der Waals surface area contributed by atoms with E-state index < -0.39 is 9.84 Å². The quantitative estimate of drug-likeness (QED) is 0.897. The molecule has 0 amide bonds. The van der Waals surface area contributed by atoms with E-state index in [2.05, 4.69) is 5.32 Å². The number of hydrogen-bond acceptors (Lipinski definition) is 4. The van der Waals surface area contributed by atoms with E-state index in [0.717, 1.165) is 11.3 Å². The number of nitrogens with one attached hydrogen (secondary N) is 1. The van der Waals surface area contributed by atoms with Crippen molar-refractivity contribution in [3.05, 3.63) is 29.8 Å². The molecule has 0 radical (unpaired) electrons. The Hall–Kier alpha value is -1.07. The van der Waals surface area contributed by atoms with Gasteiger partial charge in [-0.3, -0.25) is 0 Å². The summed E-state index contributed by atoms with van der Waals surface area (Å²) in [6.07, 6.45) is 1.41. The lowest BCUT2D eigenvalue weighted by Crippen LogP contribution is -2.37. The molecule has 0 spiro atoms. The predicted molar refractivity (Wildman–Crippen MR) is 71.5 cm³/mol. The summed E-state index contributed by atoms with van der Waals surface area (Å²) >= 11 is 0. The van der Waals surface area contributed by atoms with Gasteiger partial charge in [-0.05, 0) is 18.9 Å². The fraction of sp³-hybridized carbons (Fsp3) is 0.538. The zero-order valence-corrected chi connectivity index (χ0v) is 11.4. The monoisotopic (exact) mass is 269 g/mol. The Morgan fingerprint density at radius 3 is 2.61 bits per heavy atom. The van der Waals surface area contributed by atoms with E-state index in [1.54, 1.807) is 7.11 Å². The Bertz CT molecular complexity index is 485. The lowest BCUT2D eigenvalue weighted by Gasteiger charge is -2.23. The fourth-order valence-corrected chi connectivity index (χ4v) is 3.69. The number of ether oxygens (including phenoxy) is 1. The van der Waals surface area contributed by atoms with Crippen LogP contribution in [-0.4, -0.2) is 33.1 Å². The first-order valence-electron chi connectivity index (χ1n) is 6.16. The third-order valence-corrected chi connectivity index (χ3v) is 5.04. The molecule has 0 atom stereocenters. The van der Waals surface area contributed by atoms with Crippen molar-refractivity contribution in [1.29, 1.82) is 0 Å².